The molecule has 19 heavy (non-hydrogen) atoms. The Morgan fingerprint density at radius 3 is 2.68 bits per heavy atom. The van der Waals surface area contributed by atoms with Gasteiger partial charge in [0.1, 0.15) is 0 Å². The van der Waals surface area contributed by atoms with Crippen molar-refractivity contribution in [1.82, 2.24) is 10.2 Å². The van der Waals surface area contributed by atoms with E-state index in [1.165, 1.54) is 5.57 Å². The van der Waals surface area contributed by atoms with Crippen LogP contribution in [0.1, 0.15) is 39.0 Å². The van der Waals surface area contributed by atoms with E-state index in [2.05, 4.69) is 11.4 Å². The molecule has 2 rings (SSSR count). The van der Waals surface area contributed by atoms with Crippen LogP contribution in [0.15, 0.2) is 11.6 Å². The smallest absolute Gasteiger partial charge is 0.317 e. The predicted octanol–water partition coefficient (Wildman–Crippen LogP) is 1.99. The molecule has 1 heterocycles. The number of urea groups is 1. The normalized spacial score (nSPS) is 21.9. The summed E-state index contributed by atoms with van der Waals surface area (Å²) in [4.78, 5) is 25.2. The third-order valence-electron chi connectivity index (χ3n) is 4.21. The van der Waals surface area contributed by atoms with Crippen molar-refractivity contribution in [3.05, 3.63) is 11.6 Å². The molecule has 1 saturated carbocycles. The highest BCUT2D eigenvalue weighted by molar-refractivity contribution is 5.78. The van der Waals surface area contributed by atoms with E-state index in [4.69, 9.17) is 0 Å². The largest absolute Gasteiger partial charge is 0.481 e. The van der Waals surface area contributed by atoms with E-state index < -0.39 is 11.4 Å². The molecule has 2 amide bonds. The Morgan fingerprint density at radius 2 is 2.11 bits per heavy atom. The van der Waals surface area contributed by atoms with Crippen LogP contribution >= 0.6 is 0 Å². The van der Waals surface area contributed by atoms with Gasteiger partial charge in [-0.3, -0.25) is 4.79 Å². The molecule has 0 atom stereocenters. The van der Waals surface area contributed by atoms with Gasteiger partial charge in [0.05, 0.1) is 5.41 Å². The first kappa shape index (κ1) is 13.9. The molecular formula is C14H22N2O3. The molecule has 0 saturated heterocycles. The van der Waals surface area contributed by atoms with Crippen LogP contribution in [0.25, 0.3) is 0 Å². The predicted molar refractivity (Wildman–Crippen MR) is 71.9 cm³/mol. The lowest BCUT2D eigenvalue weighted by Crippen LogP contribution is -2.48. The minimum atomic E-state index is -0.778. The lowest BCUT2D eigenvalue weighted by atomic mass is 9.86. The summed E-state index contributed by atoms with van der Waals surface area (Å²) in [5, 5.41) is 12.2. The summed E-state index contributed by atoms with van der Waals surface area (Å²) in [6, 6.07) is -0.139. The van der Waals surface area contributed by atoms with Gasteiger partial charge in [0.15, 0.2) is 0 Å². The van der Waals surface area contributed by atoms with Crippen LogP contribution in [0.3, 0.4) is 0 Å². The number of carboxylic acid groups (broad SMARTS) is 1. The monoisotopic (exact) mass is 266 g/mol. The van der Waals surface area contributed by atoms with Crippen molar-refractivity contribution in [2.24, 2.45) is 5.41 Å². The van der Waals surface area contributed by atoms with E-state index in [-0.39, 0.29) is 12.6 Å². The van der Waals surface area contributed by atoms with Crippen molar-refractivity contribution in [3.8, 4) is 0 Å². The van der Waals surface area contributed by atoms with Gasteiger partial charge in [-0.2, -0.15) is 0 Å². The summed E-state index contributed by atoms with van der Waals surface area (Å²) in [6.07, 6.45) is 6.23. The maximum absolute atomic E-state index is 12.1. The maximum Gasteiger partial charge on any atom is 0.317 e. The molecule has 0 aromatic carbocycles. The van der Waals surface area contributed by atoms with Gasteiger partial charge >= 0.3 is 12.0 Å². The third-order valence-corrected chi connectivity index (χ3v) is 4.21. The Balaban J connectivity index is 1.89. The van der Waals surface area contributed by atoms with E-state index >= 15 is 0 Å². The Hall–Kier alpha value is -1.52. The lowest BCUT2D eigenvalue weighted by Gasteiger charge is -2.29. The van der Waals surface area contributed by atoms with Gasteiger partial charge in [-0.25, -0.2) is 4.79 Å². The van der Waals surface area contributed by atoms with Crippen LogP contribution in [-0.4, -0.2) is 41.6 Å². The number of nitrogens with zero attached hydrogens (tertiary/aromatic N) is 1. The van der Waals surface area contributed by atoms with Crippen molar-refractivity contribution < 1.29 is 14.7 Å². The van der Waals surface area contributed by atoms with E-state index in [1.807, 2.05) is 6.92 Å². The van der Waals surface area contributed by atoms with Crippen LogP contribution in [0.4, 0.5) is 4.79 Å². The summed E-state index contributed by atoms with van der Waals surface area (Å²) >= 11 is 0. The summed E-state index contributed by atoms with van der Waals surface area (Å²) in [6.45, 7) is 3.62. The van der Waals surface area contributed by atoms with Crippen molar-refractivity contribution in [2.45, 2.75) is 39.0 Å². The van der Waals surface area contributed by atoms with E-state index in [9.17, 15) is 14.7 Å². The standard InChI is InChI=1S/C14H22N2O3/c1-11-5-4-8-16(9-11)13(19)15-10-14(12(17)18)6-2-3-7-14/h5H,2-4,6-10H2,1H3,(H,15,19)(H,17,18). The zero-order chi connectivity index (χ0) is 13.9. The molecule has 0 spiro atoms. The minimum absolute atomic E-state index is 0.139. The Morgan fingerprint density at radius 1 is 1.42 bits per heavy atom. The Kier molecular flexibility index (Phi) is 4.12. The summed E-state index contributed by atoms with van der Waals surface area (Å²) in [5.74, 6) is -0.778. The summed E-state index contributed by atoms with van der Waals surface area (Å²) in [5.41, 5.74) is 0.450. The molecule has 2 aliphatic rings. The van der Waals surface area contributed by atoms with Gasteiger partial charge in [0.25, 0.3) is 0 Å². The first-order valence-corrected chi connectivity index (χ1v) is 6.95. The molecular weight excluding hydrogens is 244 g/mol. The van der Waals surface area contributed by atoms with Gasteiger partial charge in [-0.15, -0.1) is 0 Å². The van der Waals surface area contributed by atoms with Crippen LogP contribution < -0.4 is 5.32 Å². The molecule has 0 radical (unpaired) electrons. The first-order valence-electron chi connectivity index (χ1n) is 6.95. The molecule has 0 unspecified atom stereocenters. The lowest BCUT2D eigenvalue weighted by molar-refractivity contribution is -0.148. The molecule has 0 bridgehead atoms. The topological polar surface area (TPSA) is 69.6 Å². The second-order valence-corrected chi connectivity index (χ2v) is 5.71. The van der Waals surface area contributed by atoms with Gasteiger partial charge < -0.3 is 15.3 Å². The van der Waals surface area contributed by atoms with Crippen LogP contribution in [0, 0.1) is 5.41 Å². The van der Waals surface area contributed by atoms with Crippen molar-refractivity contribution in [2.75, 3.05) is 19.6 Å². The average Bonchev–Trinajstić information content (AvgIpc) is 2.86. The van der Waals surface area contributed by atoms with E-state index in [0.29, 0.717) is 25.9 Å². The number of hydrogen-bond acceptors (Lipinski definition) is 2. The fourth-order valence-corrected chi connectivity index (χ4v) is 2.96. The number of nitrogens with one attached hydrogen (secondary N) is 1. The molecule has 1 fully saturated rings. The van der Waals surface area contributed by atoms with Gasteiger partial charge in [-0.1, -0.05) is 24.5 Å². The van der Waals surface area contributed by atoms with Gasteiger partial charge in [0.2, 0.25) is 0 Å². The Labute approximate surface area is 113 Å². The van der Waals surface area contributed by atoms with Crippen LogP contribution in [0.2, 0.25) is 0 Å². The number of carboxylic acids is 1. The van der Waals surface area contributed by atoms with Crippen molar-refractivity contribution in [1.29, 1.82) is 0 Å². The Bertz CT molecular complexity index is 397. The molecule has 5 heteroatoms. The minimum Gasteiger partial charge on any atom is -0.481 e. The second-order valence-electron chi connectivity index (χ2n) is 5.71. The molecule has 0 aromatic heterocycles. The molecule has 5 nitrogen and oxygen atoms in total. The molecule has 106 valence electrons. The summed E-state index contributed by atoms with van der Waals surface area (Å²) in [7, 11) is 0. The van der Waals surface area contributed by atoms with Gasteiger partial charge in [0, 0.05) is 19.6 Å². The van der Waals surface area contributed by atoms with Crippen LogP contribution in [-0.2, 0) is 4.79 Å². The fraction of sp³-hybridized carbons (Fsp3) is 0.714. The molecule has 2 N–H and O–H groups in total. The quantitative estimate of drug-likeness (QED) is 0.767. The SMILES string of the molecule is CC1=CCCN(C(=O)NCC2(C(=O)O)CCCC2)C1. The molecule has 0 aromatic rings. The van der Waals surface area contributed by atoms with E-state index in [0.717, 1.165) is 19.3 Å². The average molecular weight is 266 g/mol. The zero-order valence-electron chi connectivity index (χ0n) is 11.4. The number of amides is 2. The number of hydrogen-bond donors (Lipinski definition) is 2. The molecule has 1 aliphatic carbocycles. The van der Waals surface area contributed by atoms with Crippen LogP contribution in [0.5, 0.6) is 0 Å². The van der Waals surface area contributed by atoms with E-state index in [1.54, 1.807) is 4.90 Å². The number of rotatable bonds is 3. The highest BCUT2D eigenvalue weighted by Crippen LogP contribution is 2.37. The van der Waals surface area contributed by atoms with Crippen molar-refractivity contribution >= 4 is 12.0 Å². The second kappa shape index (κ2) is 5.63. The number of carbonyl (C=O) groups excluding carboxylic acids is 1. The highest BCUT2D eigenvalue weighted by atomic mass is 16.4. The number of carbonyl (C=O) groups is 2. The fourth-order valence-electron chi connectivity index (χ4n) is 2.96. The van der Waals surface area contributed by atoms with Gasteiger partial charge in [-0.05, 0) is 26.2 Å². The zero-order valence-corrected chi connectivity index (χ0v) is 11.4. The molecule has 1 aliphatic heterocycles. The maximum atomic E-state index is 12.1. The highest BCUT2D eigenvalue weighted by Gasteiger charge is 2.41. The van der Waals surface area contributed by atoms with Crippen molar-refractivity contribution in [3.63, 3.8) is 0 Å². The third kappa shape index (κ3) is 3.08. The summed E-state index contributed by atoms with van der Waals surface area (Å²) < 4.78 is 0. The first-order chi connectivity index (χ1) is 9.03. The number of aliphatic carboxylic acids is 1.